The van der Waals surface area contributed by atoms with Crippen LogP contribution in [0.4, 0.5) is 5.69 Å². The van der Waals surface area contributed by atoms with Crippen LogP contribution in [0, 0.1) is 10.1 Å². The highest BCUT2D eigenvalue weighted by molar-refractivity contribution is 5.69. The second kappa shape index (κ2) is 4.80. The predicted molar refractivity (Wildman–Crippen MR) is 58.9 cm³/mol. The van der Waals surface area contributed by atoms with Crippen molar-refractivity contribution in [2.75, 3.05) is 7.11 Å². The van der Waals surface area contributed by atoms with E-state index in [1.54, 1.807) is 6.07 Å². The Labute approximate surface area is 101 Å². The van der Waals surface area contributed by atoms with Crippen molar-refractivity contribution < 1.29 is 19.3 Å². The van der Waals surface area contributed by atoms with Gasteiger partial charge in [0.2, 0.25) is 5.75 Å². The SMILES string of the molecule is COc1c(-c2nc(CO)no2)cccc1[N+](=O)[O-]. The summed E-state index contributed by atoms with van der Waals surface area (Å²) in [4.78, 5) is 14.2. The lowest BCUT2D eigenvalue weighted by Crippen LogP contribution is -1.96. The van der Waals surface area contributed by atoms with E-state index in [1.165, 1.54) is 19.2 Å². The Balaban J connectivity index is 2.56. The fourth-order valence-corrected chi connectivity index (χ4v) is 1.48. The van der Waals surface area contributed by atoms with Gasteiger partial charge in [-0.2, -0.15) is 4.98 Å². The van der Waals surface area contributed by atoms with E-state index in [0.29, 0.717) is 5.56 Å². The fraction of sp³-hybridized carbons (Fsp3) is 0.200. The van der Waals surface area contributed by atoms with Gasteiger partial charge in [0.05, 0.1) is 17.6 Å². The molecule has 0 bridgehead atoms. The number of aliphatic hydroxyl groups is 1. The quantitative estimate of drug-likeness (QED) is 0.640. The molecule has 0 saturated carbocycles. The van der Waals surface area contributed by atoms with Crippen molar-refractivity contribution in [1.29, 1.82) is 0 Å². The van der Waals surface area contributed by atoms with Crippen molar-refractivity contribution in [3.8, 4) is 17.2 Å². The average Bonchev–Trinajstić information content (AvgIpc) is 2.86. The summed E-state index contributed by atoms with van der Waals surface area (Å²) in [6, 6.07) is 4.35. The van der Waals surface area contributed by atoms with E-state index >= 15 is 0 Å². The molecule has 8 heteroatoms. The maximum Gasteiger partial charge on any atom is 0.311 e. The van der Waals surface area contributed by atoms with Gasteiger partial charge in [0.1, 0.15) is 6.61 Å². The Hall–Kier alpha value is -2.48. The molecule has 0 spiro atoms. The Bertz CT molecular complexity index is 581. The molecule has 2 aromatic rings. The van der Waals surface area contributed by atoms with E-state index < -0.39 is 4.92 Å². The van der Waals surface area contributed by atoms with Crippen molar-refractivity contribution in [2.45, 2.75) is 6.61 Å². The summed E-state index contributed by atoms with van der Waals surface area (Å²) >= 11 is 0. The summed E-state index contributed by atoms with van der Waals surface area (Å²) < 4.78 is 9.90. The van der Waals surface area contributed by atoms with Crippen molar-refractivity contribution in [3.63, 3.8) is 0 Å². The van der Waals surface area contributed by atoms with Gasteiger partial charge < -0.3 is 14.4 Å². The first-order chi connectivity index (χ1) is 8.67. The first-order valence-electron chi connectivity index (χ1n) is 4.92. The first-order valence-corrected chi connectivity index (χ1v) is 4.92. The molecule has 0 saturated heterocycles. The van der Waals surface area contributed by atoms with Crippen LogP contribution in [-0.2, 0) is 6.61 Å². The minimum Gasteiger partial charge on any atom is -0.490 e. The van der Waals surface area contributed by atoms with Crippen LogP contribution in [-0.4, -0.2) is 27.3 Å². The molecule has 0 unspecified atom stereocenters. The zero-order chi connectivity index (χ0) is 13.1. The lowest BCUT2D eigenvalue weighted by Gasteiger charge is -2.04. The highest BCUT2D eigenvalue weighted by Crippen LogP contribution is 2.36. The van der Waals surface area contributed by atoms with Gasteiger partial charge in [-0.15, -0.1) is 0 Å². The summed E-state index contributed by atoms with van der Waals surface area (Å²) in [7, 11) is 1.31. The van der Waals surface area contributed by atoms with Crippen LogP contribution in [0.5, 0.6) is 5.75 Å². The third-order valence-corrected chi connectivity index (χ3v) is 2.23. The number of para-hydroxylation sites is 1. The van der Waals surface area contributed by atoms with Crippen LogP contribution < -0.4 is 4.74 Å². The number of hydrogen-bond donors (Lipinski definition) is 1. The van der Waals surface area contributed by atoms with Crippen molar-refractivity contribution >= 4 is 5.69 Å². The van der Waals surface area contributed by atoms with Crippen LogP contribution in [0.25, 0.3) is 11.5 Å². The Kier molecular flexibility index (Phi) is 3.20. The zero-order valence-electron chi connectivity index (χ0n) is 9.36. The van der Waals surface area contributed by atoms with E-state index in [9.17, 15) is 10.1 Å². The molecule has 1 aromatic carbocycles. The molecule has 0 aliphatic carbocycles. The minimum atomic E-state index is -0.564. The highest BCUT2D eigenvalue weighted by Gasteiger charge is 2.22. The van der Waals surface area contributed by atoms with Gasteiger partial charge in [0.25, 0.3) is 5.89 Å². The van der Waals surface area contributed by atoms with E-state index in [1.807, 2.05) is 0 Å². The molecule has 18 heavy (non-hydrogen) atoms. The topological polar surface area (TPSA) is 112 Å². The number of benzene rings is 1. The Morgan fingerprint density at radius 2 is 2.33 bits per heavy atom. The maximum absolute atomic E-state index is 10.8. The van der Waals surface area contributed by atoms with E-state index in [-0.39, 0.29) is 29.8 Å². The molecular formula is C10H9N3O5. The van der Waals surface area contributed by atoms with Gasteiger partial charge in [-0.25, -0.2) is 0 Å². The molecule has 0 aliphatic heterocycles. The zero-order valence-corrected chi connectivity index (χ0v) is 9.36. The van der Waals surface area contributed by atoms with Crippen molar-refractivity contribution in [1.82, 2.24) is 10.1 Å². The van der Waals surface area contributed by atoms with Crippen molar-refractivity contribution in [2.24, 2.45) is 0 Å². The third kappa shape index (κ3) is 2.00. The predicted octanol–water partition coefficient (Wildman–Crippen LogP) is 1.15. The van der Waals surface area contributed by atoms with E-state index in [0.717, 1.165) is 0 Å². The number of nitro groups is 1. The van der Waals surface area contributed by atoms with Crippen LogP contribution in [0.3, 0.4) is 0 Å². The molecule has 0 radical (unpaired) electrons. The van der Waals surface area contributed by atoms with Crippen LogP contribution in [0.2, 0.25) is 0 Å². The van der Waals surface area contributed by atoms with Crippen LogP contribution >= 0.6 is 0 Å². The number of rotatable bonds is 4. The standard InChI is InChI=1S/C10H9N3O5/c1-17-9-6(3-2-4-7(9)13(15)16)10-11-8(5-14)12-18-10/h2-4,14H,5H2,1H3. The largest absolute Gasteiger partial charge is 0.490 e. The molecule has 1 heterocycles. The second-order valence-electron chi connectivity index (χ2n) is 3.29. The number of hydrogen-bond acceptors (Lipinski definition) is 7. The van der Waals surface area contributed by atoms with Gasteiger partial charge in [0, 0.05) is 6.07 Å². The number of methoxy groups -OCH3 is 1. The van der Waals surface area contributed by atoms with Gasteiger partial charge in [-0.3, -0.25) is 10.1 Å². The average molecular weight is 251 g/mol. The summed E-state index contributed by atoms with van der Waals surface area (Å²) in [5, 5.41) is 23.2. The Morgan fingerprint density at radius 1 is 1.56 bits per heavy atom. The number of aromatic nitrogens is 2. The number of ether oxygens (including phenoxy) is 1. The van der Waals surface area contributed by atoms with Gasteiger partial charge in [-0.1, -0.05) is 11.2 Å². The number of aliphatic hydroxyl groups excluding tert-OH is 1. The number of nitro benzene ring substituents is 1. The molecule has 0 atom stereocenters. The smallest absolute Gasteiger partial charge is 0.311 e. The molecule has 0 aliphatic rings. The lowest BCUT2D eigenvalue weighted by atomic mass is 10.1. The lowest BCUT2D eigenvalue weighted by molar-refractivity contribution is -0.385. The van der Waals surface area contributed by atoms with E-state index in [2.05, 4.69) is 10.1 Å². The van der Waals surface area contributed by atoms with Gasteiger partial charge >= 0.3 is 5.69 Å². The van der Waals surface area contributed by atoms with Crippen LogP contribution in [0.15, 0.2) is 22.7 Å². The molecule has 1 N–H and O–H groups in total. The van der Waals surface area contributed by atoms with Gasteiger partial charge in [-0.05, 0) is 6.07 Å². The molecule has 2 rings (SSSR count). The fourth-order valence-electron chi connectivity index (χ4n) is 1.48. The van der Waals surface area contributed by atoms with Gasteiger partial charge in [0.15, 0.2) is 5.82 Å². The van der Waals surface area contributed by atoms with E-state index in [4.69, 9.17) is 14.4 Å². The molecule has 94 valence electrons. The summed E-state index contributed by atoms with van der Waals surface area (Å²) in [6.07, 6.45) is 0. The summed E-state index contributed by atoms with van der Waals surface area (Å²) in [5.74, 6) is 0.189. The molecule has 8 nitrogen and oxygen atoms in total. The molecule has 0 fully saturated rings. The molecule has 0 amide bonds. The Morgan fingerprint density at radius 3 is 2.89 bits per heavy atom. The normalized spacial score (nSPS) is 10.3. The molecular weight excluding hydrogens is 242 g/mol. The second-order valence-corrected chi connectivity index (χ2v) is 3.29. The van der Waals surface area contributed by atoms with Crippen LogP contribution in [0.1, 0.15) is 5.82 Å². The third-order valence-electron chi connectivity index (χ3n) is 2.23. The highest BCUT2D eigenvalue weighted by atomic mass is 16.6. The first kappa shape index (κ1) is 12.0. The maximum atomic E-state index is 10.8. The summed E-state index contributed by atoms with van der Waals surface area (Å²) in [6.45, 7) is -0.374. The summed E-state index contributed by atoms with van der Waals surface area (Å²) in [5.41, 5.74) is 0.109. The number of nitrogens with zero attached hydrogens (tertiary/aromatic N) is 3. The molecule has 1 aromatic heterocycles. The van der Waals surface area contributed by atoms with Crippen molar-refractivity contribution in [3.05, 3.63) is 34.1 Å². The minimum absolute atomic E-state index is 0.0376. The monoisotopic (exact) mass is 251 g/mol.